The zero-order chi connectivity index (χ0) is 17.8. The highest BCUT2D eigenvalue weighted by atomic mass is 32.2. The van der Waals surface area contributed by atoms with Crippen LogP contribution in [0, 0.1) is 6.92 Å². The normalized spacial score (nSPS) is 13.0. The Kier molecular flexibility index (Phi) is 5.28. The van der Waals surface area contributed by atoms with E-state index in [1.54, 1.807) is 12.1 Å². The molecular formula is C19H20N2O3S. The number of aryl methyl sites for hydroxylation is 1. The Morgan fingerprint density at radius 1 is 1.28 bits per heavy atom. The minimum Gasteiger partial charge on any atom is -0.494 e. The fourth-order valence-electron chi connectivity index (χ4n) is 2.50. The smallest absolute Gasteiger partial charge is 0.255 e. The second kappa shape index (κ2) is 7.61. The van der Waals surface area contributed by atoms with Crippen molar-refractivity contribution in [3.05, 3.63) is 47.5 Å². The number of carbonyl (C=O) groups is 2. The molecule has 1 aliphatic rings. The Hall–Kier alpha value is -2.47. The van der Waals surface area contributed by atoms with Gasteiger partial charge in [-0.05, 0) is 55.3 Å². The molecule has 0 saturated heterocycles. The zero-order valence-electron chi connectivity index (χ0n) is 14.2. The zero-order valence-corrected chi connectivity index (χ0v) is 15.0. The number of hydrogen-bond acceptors (Lipinski definition) is 4. The van der Waals surface area contributed by atoms with Crippen LogP contribution in [0.5, 0.6) is 5.75 Å². The van der Waals surface area contributed by atoms with Gasteiger partial charge in [0.25, 0.3) is 5.91 Å². The highest BCUT2D eigenvalue weighted by Gasteiger charge is 2.17. The lowest BCUT2D eigenvalue weighted by Crippen LogP contribution is -2.20. The molecule has 2 amide bonds. The van der Waals surface area contributed by atoms with E-state index in [1.165, 1.54) is 11.8 Å². The van der Waals surface area contributed by atoms with Gasteiger partial charge >= 0.3 is 0 Å². The average molecular weight is 356 g/mol. The van der Waals surface area contributed by atoms with Crippen molar-refractivity contribution in [3.8, 4) is 5.75 Å². The lowest BCUT2D eigenvalue weighted by molar-refractivity contribution is -0.113. The molecule has 0 atom stereocenters. The topological polar surface area (TPSA) is 67.4 Å². The Bertz CT molecular complexity index is 820. The summed E-state index contributed by atoms with van der Waals surface area (Å²) < 4.78 is 5.60. The number of rotatable bonds is 5. The van der Waals surface area contributed by atoms with Crippen molar-refractivity contribution in [2.45, 2.75) is 25.2 Å². The van der Waals surface area contributed by atoms with Gasteiger partial charge in [0.05, 0.1) is 18.0 Å². The summed E-state index contributed by atoms with van der Waals surface area (Å²) >= 11 is 1.47. The first-order valence-electron chi connectivity index (χ1n) is 8.18. The summed E-state index contributed by atoms with van der Waals surface area (Å²) in [5, 5.41) is 5.71. The fourth-order valence-corrected chi connectivity index (χ4v) is 3.29. The Balaban J connectivity index is 1.74. The second-order valence-electron chi connectivity index (χ2n) is 5.83. The molecule has 25 heavy (non-hydrogen) atoms. The summed E-state index contributed by atoms with van der Waals surface area (Å²) in [5.74, 6) is 0.946. The van der Waals surface area contributed by atoms with E-state index < -0.39 is 0 Å². The van der Waals surface area contributed by atoms with Crippen molar-refractivity contribution in [1.82, 2.24) is 0 Å². The van der Waals surface area contributed by atoms with Gasteiger partial charge in [0.1, 0.15) is 5.75 Å². The van der Waals surface area contributed by atoms with Crippen LogP contribution in [0.15, 0.2) is 41.3 Å². The maximum absolute atomic E-state index is 12.5. The molecule has 2 aromatic rings. The number of hydrogen-bond donors (Lipinski definition) is 2. The van der Waals surface area contributed by atoms with E-state index in [2.05, 4.69) is 17.6 Å². The monoisotopic (exact) mass is 356 g/mol. The van der Waals surface area contributed by atoms with Crippen molar-refractivity contribution < 1.29 is 14.3 Å². The minimum atomic E-state index is -0.210. The molecule has 0 unspecified atom stereocenters. The maximum Gasteiger partial charge on any atom is 0.255 e. The lowest BCUT2D eigenvalue weighted by atomic mass is 10.1. The first-order chi connectivity index (χ1) is 12.1. The van der Waals surface area contributed by atoms with Crippen molar-refractivity contribution in [2.75, 3.05) is 23.0 Å². The molecule has 2 aromatic carbocycles. The first-order valence-corrected chi connectivity index (χ1v) is 9.17. The van der Waals surface area contributed by atoms with Gasteiger partial charge in [0, 0.05) is 16.1 Å². The van der Waals surface area contributed by atoms with E-state index in [1.807, 2.05) is 31.2 Å². The van der Waals surface area contributed by atoms with Gasteiger partial charge in [0.2, 0.25) is 5.91 Å². The molecule has 0 saturated carbocycles. The van der Waals surface area contributed by atoms with Crippen LogP contribution >= 0.6 is 11.8 Å². The van der Waals surface area contributed by atoms with E-state index in [0.717, 1.165) is 28.3 Å². The van der Waals surface area contributed by atoms with Gasteiger partial charge in [-0.3, -0.25) is 9.59 Å². The number of nitrogens with one attached hydrogen (secondary N) is 2. The molecule has 130 valence electrons. The quantitative estimate of drug-likeness (QED) is 0.847. The SMILES string of the molecule is CCCOc1ccc(NC(=O)c2ccc3c(c2)NC(=O)CS3)c(C)c1. The third-order valence-corrected chi connectivity index (χ3v) is 4.87. The van der Waals surface area contributed by atoms with Gasteiger partial charge in [-0.25, -0.2) is 0 Å². The van der Waals surface area contributed by atoms with Crippen LogP contribution in [0.25, 0.3) is 0 Å². The Morgan fingerprint density at radius 2 is 2.12 bits per heavy atom. The van der Waals surface area contributed by atoms with Crippen LogP contribution in [-0.2, 0) is 4.79 Å². The Labute approximate surface area is 151 Å². The number of carbonyl (C=O) groups excluding carboxylic acids is 2. The molecule has 1 heterocycles. The molecule has 2 N–H and O–H groups in total. The summed E-state index contributed by atoms with van der Waals surface area (Å²) in [6.07, 6.45) is 0.949. The van der Waals surface area contributed by atoms with Crippen LogP contribution in [-0.4, -0.2) is 24.2 Å². The minimum absolute atomic E-state index is 0.0476. The van der Waals surface area contributed by atoms with Gasteiger partial charge in [-0.15, -0.1) is 11.8 Å². The fraction of sp³-hybridized carbons (Fsp3) is 0.263. The van der Waals surface area contributed by atoms with Crippen molar-refractivity contribution in [3.63, 3.8) is 0 Å². The van der Waals surface area contributed by atoms with Crippen LogP contribution in [0.1, 0.15) is 29.3 Å². The predicted molar refractivity (Wildman–Crippen MR) is 101 cm³/mol. The van der Waals surface area contributed by atoms with Crippen LogP contribution in [0.2, 0.25) is 0 Å². The molecule has 0 fully saturated rings. The van der Waals surface area contributed by atoms with Gasteiger partial charge < -0.3 is 15.4 Å². The molecule has 3 rings (SSSR count). The number of ether oxygens (including phenoxy) is 1. The van der Waals surface area contributed by atoms with Crippen molar-refractivity contribution in [2.24, 2.45) is 0 Å². The largest absolute Gasteiger partial charge is 0.494 e. The maximum atomic E-state index is 12.5. The molecule has 0 radical (unpaired) electrons. The number of amides is 2. The van der Waals surface area contributed by atoms with Crippen LogP contribution in [0.3, 0.4) is 0 Å². The predicted octanol–water partition coefficient (Wildman–Crippen LogP) is 4.08. The molecule has 1 aliphatic heterocycles. The third kappa shape index (κ3) is 4.14. The van der Waals surface area contributed by atoms with E-state index in [-0.39, 0.29) is 11.8 Å². The summed E-state index contributed by atoms with van der Waals surface area (Å²) in [7, 11) is 0. The summed E-state index contributed by atoms with van der Waals surface area (Å²) in [5.41, 5.74) is 2.87. The standard InChI is InChI=1S/C19H20N2O3S/c1-3-8-24-14-5-6-15(12(2)9-14)21-19(23)13-4-7-17-16(10-13)20-18(22)11-25-17/h4-7,9-10H,3,8,11H2,1-2H3,(H,20,22)(H,21,23). The highest BCUT2D eigenvalue weighted by molar-refractivity contribution is 8.00. The van der Waals surface area contributed by atoms with Gasteiger partial charge in [0.15, 0.2) is 0 Å². The third-order valence-electron chi connectivity index (χ3n) is 3.79. The van der Waals surface area contributed by atoms with E-state index >= 15 is 0 Å². The van der Waals surface area contributed by atoms with Crippen molar-refractivity contribution in [1.29, 1.82) is 0 Å². The van der Waals surface area contributed by atoms with Gasteiger partial charge in [-0.1, -0.05) is 6.92 Å². The molecule has 0 aromatic heterocycles. The summed E-state index contributed by atoms with van der Waals surface area (Å²) in [6.45, 7) is 4.66. The number of fused-ring (bicyclic) bond motifs is 1. The second-order valence-corrected chi connectivity index (χ2v) is 6.84. The molecule has 6 heteroatoms. The molecular weight excluding hydrogens is 336 g/mol. The molecule has 5 nitrogen and oxygen atoms in total. The van der Waals surface area contributed by atoms with E-state index in [9.17, 15) is 9.59 Å². The summed E-state index contributed by atoms with van der Waals surface area (Å²) in [4.78, 5) is 25.0. The summed E-state index contributed by atoms with van der Waals surface area (Å²) in [6, 6.07) is 10.9. The van der Waals surface area contributed by atoms with E-state index in [0.29, 0.717) is 23.6 Å². The molecule has 0 aliphatic carbocycles. The molecule has 0 spiro atoms. The number of anilines is 2. The Morgan fingerprint density at radius 3 is 2.88 bits per heavy atom. The van der Waals surface area contributed by atoms with Crippen LogP contribution < -0.4 is 15.4 Å². The lowest BCUT2D eigenvalue weighted by Gasteiger charge is -2.17. The van der Waals surface area contributed by atoms with Crippen LogP contribution in [0.4, 0.5) is 11.4 Å². The first kappa shape index (κ1) is 17.4. The number of benzene rings is 2. The van der Waals surface area contributed by atoms with E-state index in [4.69, 9.17) is 4.74 Å². The van der Waals surface area contributed by atoms with Crippen molar-refractivity contribution >= 4 is 35.0 Å². The molecule has 0 bridgehead atoms. The highest BCUT2D eigenvalue weighted by Crippen LogP contribution is 2.32. The number of thioether (sulfide) groups is 1. The van der Waals surface area contributed by atoms with Gasteiger partial charge in [-0.2, -0.15) is 0 Å². The average Bonchev–Trinajstić information content (AvgIpc) is 2.61.